The predicted molar refractivity (Wildman–Crippen MR) is 74.3 cm³/mol. The Morgan fingerprint density at radius 1 is 0.889 bits per heavy atom. The van der Waals surface area contributed by atoms with Crippen LogP contribution >= 0.6 is 23.2 Å². The maximum atomic E-state index is 10.1. The molecule has 2 atom stereocenters. The van der Waals surface area contributed by atoms with E-state index in [0.29, 0.717) is 11.4 Å². The van der Waals surface area contributed by atoms with E-state index in [4.69, 9.17) is 23.2 Å². The van der Waals surface area contributed by atoms with Gasteiger partial charge >= 0.3 is 0 Å². The molecule has 0 bridgehead atoms. The van der Waals surface area contributed by atoms with Gasteiger partial charge in [-0.2, -0.15) is 0 Å². The highest BCUT2D eigenvalue weighted by atomic mass is 35.5. The van der Waals surface area contributed by atoms with E-state index in [1.165, 1.54) is 5.56 Å². The summed E-state index contributed by atoms with van der Waals surface area (Å²) >= 11 is 11.9. The molecule has 1 aliphatic carbocycles. The number of benzene rings is 2. The van der Waals surface area contributed by atoms with Gasteiger partial charge in [0.1, 0.15) is 0 Å². The fourth-order valence-corrected chi connectivity index (χ4v) is 2.95. The van der Waals surface area contributed by atoms with Crippen LogP contribution in [0.2, 0.25) is 10.0 Å². The van der Waals surface area contributed by atoms with Crippen molar-refractivity contribution in [3.05, 3.63) is 69.2 Å². The minimum absolute atomic E-state index is 0.200. The Bertz CT molecular complexity index is 578. The summed E-state index contributed by atoms with van der Waals surface area (Å²) in [6.07, 6.45) is 0.301. The molecule has 1 N–H and O–H groups in total. The molecule has 0 fully saturated rings. The van der Waals surface area contributed by atoms with Gasteiger partial charge in [-0.25, -0.2) is 0 Å². The molecule has 2 aromatic rings. The largest absolute Gasteiger partial charge is 0.388 e. The topological polar surface area (TPSA) is 20.2 Å². The van der Waals surface area contributed by atoms with Crippen LogP contribution in [0, 0.1) is 0 Å². The van der Waals surface area contributed by atoms with Crippen molar-refractivity contribution in [3.8, 4) is 0 Å². The fraction of sp³-hybridized carbons (Fsp3) is 0.200. The Kier molecular flexibility index (Phi) is 3.06. The first-order valence-electron chi connectivity index (χ1n) is 5.88. The number of fused-ring (bicyclic) bond motifs is 1. The Hall–Kier alpha value is -1.02. The van der Waals surface area contributed by atoms with E-state index in [0.717, 1.165) is 16.1 Å². The Balaban J connectivity index is 2.06. The lowest BCUT2D eigenvalue weighted by molar-refractivity contribution is 0.176. The smallest absolute Gasteiger partial charge is 0.0802 e. The van der Waals surface area contributed by atoms with Gasteiger partial charge in [0, 0.05) is 16.0 Å². The van der Waals surface area contributed by atoms with E-state index in [9.17, 15) is 5.11 Å². The number of aliphatic hydroxyl groups is 1. The Labute approximate surface area is 116 Å². The van der Waals surface area contributed by atoms with Crippen molar-refractivity contribution >= 4 is 23.2 Å². The lowest BCUT2D eigenvalue weighted by atomic mass is 9.93. The quantitative estimate of drug-likeness (QED) is 0.811. The van der Waals surface area contributed by atoms with E-state index in [2.05, 4.69) is 0 Å². The predicted octanol–water partition coefficient (Wildman–Crippen LogP) is 4.56. The van der Waals surface area contributed by atoms with Crippen LogP contribution in [-0.4, -0.2) is 5.11 Å². The number of hydrogen-bond acceptors (Lipinski definition) is 1. The maximum Gasteiger partial charge on any atom is 0.0802 e. The molecule has 0 saturated carbocycles. The van der Waals surface area contributed by atoms with Crippen LogP contribution in [0.4, 0.5) is 0 Å². The summed E-state index contributed by atoms with van der Waals surface area (Å²) in [5, 5.41) is 11.5. The van der Waals surface area contributed by atoms with Gasteiger partial charge in [0.25, 0.3) is 0 Å². The molecule has 2 aromatic carbocycles. The molecule has 1 nitrogen and oxygen atoms in total. The first-order chi connectivity index (χ1) is 8.65. The van der Waals surface area contributed by atoms with Crippen molar-refractivity contribution < 1.29 is 5.11 Å². The average Bonchev–Trinajstić information content (AvgIpc) is 2.67. The zero-order valence-electron chi connectivity index (χ0n) is 9.61. The Morgan fingerprint density at radius 3 is 2.28 bits per heavy atom. The van der Waals surface area contributed by atoms with Crippen molar-refractivity contribution in [2.75, 3.05) is 0 Å². The van der Waals surface area contributed by atoms with Crippen LogP contribution in [-0.2, 0) is 0 Å². The second kappa shape index (κ2) is 4.58. The number of aliphatic hydroxyl groups excluding tert-OH is 1. The summed E-state index contributed by atoms with van der Waals surface area (Å²) in [5.41, 5.74) is 3.27. The molecule has 1 aliphatic rings. The van der Waals surface area contributed by atoms with E-state index < -0.39 is 6.10 Å². The summed E-state index contributed by atoms with van der Waals surface area (Å²) in [7, 11) is 0. The summed E-state index contributed by atoms with van der Waals surface area (Å²) < 4.78 is 0. The van der Waals surface area contributed by atoms with Crippen LogP contribution in [0.3, 0.4) is 0 Å². The lowest BCUT2D eigenvalue weighted by Gasteiger charge is -2.12. The third-order valence-electron chi connectivity index (χ3n) is 3.51. The van der Waals surface area contributed by atoms with Gasteiger partial charge < -0.3 is 5.11 Å². The monoisotopic (exact) mass is 278 g/mol. The molecular formula is C15H12Cl2O. The molecule has 3 rings (SSSR count). The van der Waals surface area contributed by atoms with Crippen molar-refractivity contribution in [2.45, 2.75) is 18.4 Å². The van der Waals surface area contributed by atoms with Crippen LogP contribution in [0.5, 0.6) is 0 Å². The van der Waals surface area contributed by atoms with E-state index in [-0.39, 0.29) is 5.92 Å². The first-order valence-corrected chi connectivity index (χ1v) is 6.63. The first kappa shape index (κ1) is 12.0. The van der Waals surface area contributed by atoms with Gasteiger partial charge in [-0.15, -0.1) is 0 Å². The van der Waals surface area contributed by atoms with Gasteiger partial charge in [0.2, 0.25) is 0 Å². The van der Waals surface area contributed by atoms with Gasteiger partial charge in [-0.3, -0.25) is 0 Å². The van der Waals surface area contributed by atoms with Gasteiger partial charge in [-0.1, -0.05) is 41.4 Å². The molecule has 0 radical (unpaired) electrons. The van der Waals surface area contributed by atoms with Crippen molar-refractivity contribution in [3.63, 3.8) is 0 Å². The molecule has 0 spiro atoms. The normalized spacial score (nSPS) is 21.9. The Morgan fingerprint density at radius 2 is 1.56 bits per heavy atom. The summed E-state index contributed by atoms with van der Waals surface area (Å²) in [6.45, 7) is 0. The average molecular weight is 279 g/mol. The van der Waals surface area contributed by atoms with E-state index >= 15 is 0 Å². The van der Waals surface area contributed by atoms with Gasteiger partial charge in [0.05, 0.1) is 6.10 Å². The second-order valence-corrected chi connectivity index (χ2v) is 5.50. The second-order valence-electron chi connectivity index (χ2n) is 4.63. The van der Waals surface area contributed by atoms with Gasteiger partial charge in [-0.05, 0) is 47.4 Å². The van der Waals surface area contributed by atoms with Crippen molar-refractivity contribution in [1.82, 2.24) is 0 Å². The lowest BCUT2D eigenvalue weighted by Crippen LogP contribution is -1.96. The SMILES string of the molecule is OC1CC(c2ccc(Cl)cc2)c2cc(Cl)ccc21. The highest BCUT2D eigenvalue weighted by Gasteiger charge is 2.30. The van der Waals surface area contributed by atoms with Crippen LogP contribution in [0.1, 0.15) is 35.1 Å². The van der Waals surface area contributed by atoms with E-state index in [1.807, 2.05) is 42.5 Å². The number of hydrogen-bond donors (Lipinski definition) is 1. The van der Waals surface area contributed by atoms with Crippen LogP contribution in [0.25, 0.3) is 0 Å². The third-order valence-corrected chi connectivity index (χ3v) is 4.00. The number of rotatable bonds is 1. The van der Waals surface area contributed by atoms with Crippen LogP contribution < -0.4 is 0 Å². The molecule has 0 aromatic heterocycles. The molecule has 3 heteroatoms. The zero-order chi connectivity index (χ0) is 12.7. The van der Waals surface area contributed by atoms with Crippen LogP contribution in [0.15, 0.2) is 42.5 Å². The zero-order valence-corrected chi connectivity index (χ0v) is 11.1. The summed E-state index contributed by atoms with van der Waals surface area (Å²) in [4.78, 5) is 0. The van der Waals surface area contributed by atoms with E-state index in [1.54, 1.807) is 0 Å². The fourth-order valence-electron chi connectivity index (χ4n) is 2.64. The molecule has 2 unspecified atom stereocenters. The minimum atomic E-state index is -0.405. The number of halogens is 2. The minimum Gasteiger partial charge on any atom is -0.388 e. The summed E-state index contributed by atoms with van der Waals surface area (Å²) in [6, 6.07) is 13.5. The summed E-state index contributed by atoms with van der Waals surface area (Å²) in [5.74, 6) is 0.200. The standard InChI is InChI=1S/C15H12Cl2O/c16-10-3-1-9(2-4-10)13-8-15(18)12-6-5-11(17)7-14(12)13/h1-7,13,15,18H,8H2. The highest BCUT2D eigenvalue weighted by molar-refractivity contribution is 6.30. The molecule has 0 aliphatic heterocycles. The molecule has 92 valence electrons. The van der Waals surface area contributed by atoms with Crippen molar-refractivity contribution in [2.24, 2.45) is 0 Å². The molecule has 0 amide bonds. The molecule has 18 heavy (non-hydrogen) atoms. The maximum absolute atomic E-state index is 10.1. The highest BCUT2D eigenvalue weighted by Crippen LogP contribution is 2.44. The molecular weight excluding hydrogens is 267 g/mol. The molecule has 0 saturated heterocycles. The van der Waals surface area contributed by atoms with Crippen molar-refractivity contribution in [1.29, 1.82) is 0 Å². The van der Waals surface area contributed by atoms with Gasteiger partial charge in [0.15, 0.2) is 0 Å². The molecule has 0 heterocycles. The third kappa shape index (κ3) is 2.03.